The molecule has 3 aromatic heterocycles. The van der Waals surface area contributed by atoms with Crippen molar-refractivity contribution >= 4 is 23.3 Å². The summed E-state index contributed by atoms with van der Waals surface area (Å²) in [6.45, 7) is 6.43. The molecule has 0 bridgehead atoms. The van der Waals surface area contributed by atoms with Crippen molar-refractivity contribution in [2.75, 3.05) is 13.1 Å². The number of rotatable bonds is 7. The zero-order valence-corrected chi connectivity index (χ0v) is 23.4. The van der Waals surface area contributed by atoms with Gasteiger partial charge >= 0.3 is 6.09 Å². The maximum Gasteiger partial charge on any atom is 0.405 e. The summed E-state index contributed by atoms with van der Waals surface area (Å²) in [5.74, 6) is 0.743. The van der Waals surface area contributed by atoms with Crippen LogP contribution in [0.4, 0.5) is 9.18 Å². The molecular weight excluding hydrogens is 547 g/mol. The molecule has 2 N–H and O–H groups in total. The number of thiazole rings is 1. The third-order valence-corrected chi connectivity index (χ3v) is 8.63. The van der Waals surface area contributed by atoms with E-state index in [0.717, 1.165) is 0 Å². The van der Waals surface area contributed by atoms with E-state index >= 15 is 0 Å². The Kier molecular flexibility index (Phi) is 6.65. The van der Waals surface area contributed by atoms with E-state index in [1.54, 1.807) is 56.6 Å². The fourth-order valence-electron chi connectivity index (χ4n) is 5.23. The maximum absolute atomic E-state index is 13.5. The van der Waals surface area contributed by atoms with Crippen molar-refractivity contribution in [3.63, 3.8) is 0 Å². The highest BCUT2D eigenvalue weighted by molar-refractivity contribution is 7.17. The number of carboxylic acid groups (broad SMARTS) is 1. The van der Waals surface area contributed by atoms with Gasteiger partial charge in [0.15, 0.2) is 10.8 Å². The van der Waals surface area contributed by atoms with Crippen molar-refractivity contribution in [3.05, 3.63) is 76.8 Å². The molecular formula is C29H27FN6O4S. The SMILES string of the molecule is Cc1nc(-c2ncccn2)sc1C(=O)N1C[C@@H]2[C@H](C1)[C@@H]2Oc1cc(C(C)(C)NC(=O)O)cc(-c2ccc(F)cc2)n1. The third kappa shape index (κ3) is 5.34. The number of nitrogens with one attached hydrogen (secondary N) is 1. The lowest BCUT2D eigenvalue weighted by molar-refractivity contribution is 0.0755. The standard InChI is InChI=1S/C29H27FN6O4S/c1-15-24(41-26(33-15)25-31-9-4-10-32-25)27(37)36-13-19-20(14-36)23(19)40-22-12-17(29(2,3)35-28(38)39)11-21(34-22)16-5-7-18(30)8-6-16/h4-12,19-20,23,35H,13-14H2,1-3H3,(H,38,39)/t19-,20+,23-. The number of hydrogen-bond acceptors (Lipinski definition) is 8. The molecule has 1 saturated carbocycles. The summed E-state index contributed by atoms with van der Waals surface area (Å²) in [6, 6.07) is 11.2. The number of fused-ring (bicyclic) bond motifs is 1. The van der Waals surface area contributed by atoms with Crippen LogP contribution >= 0.6 is 11.3 Å². The molecule has 2 aliphatic rings. The van der Waals surface area contributed by atoms with Gasteiger partial charge in [-0.25, -0.2) is 29.1 Å². The average Bonchev–Trinajstić information content (AvgIpc) is 3.26. The maximum atomic E-state index is 13.5. The number of halogens is 1. The number of likely N-dealkylation sites (tertiary alicyclic amines) is 1. The lowest BCUT2D eigenvalue weighted by Gasteiger charge is -2.26. The molecule has 12 heteroatoms. The van der Waals surface area contributed by atoms with Gasteiger partial charge in [0.05, 0.1) is 16.9 Å². The van der Waals surface area contributed by atoms with E-state index in [2.05, 4.69) is 25.3 Å². The van der Waals surface area contributed by atoms with Crippen molar-refractivity contribution in [2.45, 2.75) is 32.4 Å². The van der Waals surface area contributed by atoms with Gasteiger partial charge in [-0.1, -0.05) is 0 Å². The largest absolute Gasteiger partial charge is 0.474 e. The minimum atomic E-state index is -1.15. The van der Waals surface area contributed by atoms with Gasteiger partial charge in [0.2, 0.25) is 5.88 Å². The van der Waals surface area contributed by atoms with E-state index < -0.39 is 11.6 Å². The lowest BCUT2D eigenvalue weighted by Crippen LogP contribution is -2.40. The number of carbonyl (C=O) groups excluding carboxylic acids is 1. The van der Waals surface area contributed by atoms with Crippen LogP contribution < -0.4 is 10.1 Å². The number of aromatic nitrogens is 4. The summed E-state index contributed by atoms with van der Waals surface area (Å²) in [7, 11) is 0. The summed E-state index contributed by atoms with van der Waals surface area (Å²) < 4.78 is 19.9. The number of hydrogen-bond donors (Lipinski definition) is 2. The first kappa shape index (κ1) is 26.8. The topological polar surface area (TPSA) is 130 Å². The molecule has 0 unspecified atom stereocenters. The number of ether oxygens (including phenoxy) is 1. The van der Waals surface area contributed by atoms with E-state index in [9.17, 15) is 19.1 Å². The van der Waals surface area contributed by atoms with Gasteiger partial charge in [0.25, 0.3) is 5.91 Å². The Morgan fingerprint density at radius 3 is 2.44 bits per heavy atom. The molecule has 10 nitrogen and oxygen atoms in total. The van der Waals surface area contributed by atoms with Gasteiger partial charge in [-0.2, -0.15) is 0 Å². The van der Waals surface area contributed by atoms with Crippen molar-refractivity contribution in [2.24, 2.45) is 11.8 Å². The Morgan fingerprint density at radius 2 is 1.78 bits per heavy atom. The smallest absolute Gasteiger partial charge is 0.405 e. The van der Waals surface area contributed by atoms with Crippen molar-refractivity contribution in [1.82, 2.24) is 30.2 Å². The summed E-state index contributed by atoms with van der Waals surface area (Å²) in [5.41, 5.74) is 1.60. The second-order valence-electron chi connectivity index (χ2n) is 10.8. The predicted octanol–water partition coefficient (Wildman–Crippen LogP) is 4.76. The molecule has 6 rings (SSSR count). The summed E-state index contributed by atoms with van der Waals surface area (Å²) in [5, 5.41) is 12.5. The molecule has 4 heterocycles. The molecule has 210 valence electrons. The van der Waals surface area contributed by atoms with E-state index in [0.29, 0.717) is 57.2 Å². The zero-order valence-electron chi connectivity index (χ0n) is 22.5. The van der Waals surface area contributed by atoms with E-state index in [1.807, 2.05) is 11.8 Å². The van der Waals surface area contributed by atoms with E-state index in [1.165, 1.54) is 23.5 Å². The van der Waals surface area contributed by atoms with Crippen LogP contribution in [0.2, 0.25) is 0 Å². The molecule has 2 amide bonds. The number of benzene rings is 1. The molecule has 41 heavy (non-hydrogen) atoms. The van der Waals surface area contributed by atoms with Crippen molar-refractivity contribution in [1.29, 1.82) is 0 Å². The fraction of sp³-hybridized carbons (Fsp3) is 0.310. The van der Waals surface area contributed by atoms with Gasteiger partial charge in [-0.3, -0.25) is 4.79 Å². The minimum Gasteiger partial charge on any atom is -0.474 e. The van der Waals surface area contributed by atoms with Gasteiger partial charge in [-0.05, 0) is 62.7 Å². The van der Waals surface area contributed by atoms with Crippen LogP contribution in [0.15, 0.2) is 54.9 Å². The van der Waals surface area contributed by atoms with Crippen LogP contribution in [0.3, 0.4) is 0 Å². The number of nitrogens with zero attached hydrogens (tertiary/aromatic N) is 5. The van der Waals surface area contributed by atoms with Gasteiger partial charge in [0, 0.05) is 48.9 Å². The molecule has 0 spiro atoms. The predicted molar refractivity (Wildman–Crippen MR) is 149 cm³/mol. The second-order valence-corrected chi connectivity index (χ2v) is 11.8. The third-order valence-electron chi connectivity index (χ3n) is 7.49. The Morgan fingerprint density at radius 1 is 1.10 bits per heavy atom. The molecule has 1 aromatic carbocycles. The zero-order chi connectivity index (χ0) is 28.9. The summed E-state index contributed by atoms with van der Waals surface area (Å²) in [6.07, 6.45) is 2.02. The molecule has 0 radical (unpaired) electrons. The molecule has 3 atom stereocenters. The first-order valence-electron chi connectivity index (χ1n) is 13.1. The number of piperidine rings is 1. The Labute approximate surface area is 239 Å². The molecule has 1 aliphatic heterocycles. The van der Waals surface area contributed by atoms with Crippen LogP contribution in [-0.4, -0.2) is 61.1 Å². The van der Waals surface area contributed by atoms with Gasteiger partial charge < -0.3 is 20.1 Å². The van der Waals surface area contributed by atoms with Crippen LogP contribution in [-0.2, 0) is 5.54 Å². The molecule has 2 fully saturated rings. The molecule has 1 saturated heterocycles. The Hall–Kier alpha value is -4.45. The minimum absolute atomic E-state index is 0.0617. The Balaban J connectivity index is 1.18. The lowest BCUT2D eigenvalue weighted by atomic mass is 9.93. The number of pyridine rings is 1. The number of amides is 2. The highest BCUT2D eigenvalue weighted by Gasteiger charge is 2.59. The van der Waals surface area contributed by atoms with Crippen LogP contribution in [0.1, 0.15) is 34.8 Å². The highest BCUT2D eigenvalue weighted by atomic mass is 32.1. The molecule has 4 aromatic rings. The monoisotopic (exact) mass is 574 g/mol. The quantitative estimate of drug-likeness (QED) is 0.323. The first-order valence-corrected chi connectivity index (χ1v) is 13.9. The highest BCUT2D eigenvalue weighted by Crippen LogP contribution is 2.48. The number of carbonyl (C=O) groups is 2. The number of aryl methyl sites for hydroxylation is 1. The van der Waals surface area contributed by atoms with Crippen molar-refractivity contribution in [3.8, 4) is 28.0 Å². The van der Waals surface area contributed by atoms with E-state index in [-0.39, 0.29) is 29.7 Å². The van der Waals surface area contributed by atoms with Gasteiger partial charge in [-0.15, -0.1) is 11.3 Å². The van der Waals surface area contributed by atoms with Crippen LogP contribution in [0, 0.1) is 24.6 Å². The normalized spacial score (nSPS) is 19.5. The first-order chi connectivity index (χ1) is 19.6. The van der Waals surface area contributed by atoms with E-state index in [4.69, 9.17) is 4.74 Å². The summed E-state index contributed by atoms with van der Waals surface area (Å²) >= 11 is 1.30. The second kappa shape index (κ2) is 10.2. The van der Waals surface area contributed by atoms with Gasteiger partial charge in [0.1, 0.15) is 16.8 Å². The van der Waals surface area contributed by atoms with Crippen molar-refractivity contribution < 1.29 is 23.8 Å². The Bertz CT molecular complexity index is 1620. The summed E-state index contributed by atoms with van der Waals surface area (Å²) in [4.78, 5) is 44.8. The molecule has 1 aliphatic carbocycles. The van der Waals surface area contributed by atoms with Crippen LogP contribution in [0.25, 0.3) is 22.1 Å². The van der Waals surface area contributed by atoms with Crippen LogP contribution in [0.5, 0.6) is 5.88 Å². The fourth-order valence-corrected chi connectivity index (χ4v) is 6.21. The average molecular weight is 575 g/mol.